The van der Waals surface area contributed by atoms with Crippen LogP contribution in [0.25, 0.3) is 0 Å². The van der Waals surface area contributed by atoms with Crippen LogP contribution in [0.1, 0.15) is 12.8 Å². The summed E-state index contributed by atoms with van der Waals surface area (Å²) < 4.78 is 0. The summed E-state index contributed by atoms with van der Waals surface area (Å²) >= 11 is 0. The van der Waals surface area contributed by atoms with Gasteiger partial charge in [0.05, 0.1) is 16.1 Å². The van der Waals surface area contributed by atoms with Gasteiger partial charge in [0, 0.05) is 16.1 Å². The molecule has 0 atom stereocenters. The summed E-state index contributed by atoms with van der Waals surface area (Å²) in [6, 6.07) is 0. The second kappa shape index (κ2) is 14.7. The maximum Gasteiger partial charge on any atom is 4.00 e. The molecule has 0 fully saturated rings. The molecule has 0 aliphatic heterocycles. The maximum absolute atomic E-state index is 8.25. The second-order valence-corrected chi connectivity index (χ2v) is 32.1. The summed E-state index contributed by atoms with van der Waals surface area (Å²) in [6.45, 7) is 28.9. The van der Waals surface area contributed by atoms with E-state index < -0.39 is 32.3 Å². The van der Waals surface area contributed by atoms with Crippen LogP contribution in [0.3, 0.4) is 0 Å². The third-order valence-electron chi connectivity index (χ3n) is 5.02. The average Bonchev–Trinajstić information content (AvgIpc) is 3.27. The Hall–Kier alpha value is 0.462. The summed E-state index contributed by atoms with van der Waals surface area (Å²) in [7, 11) is -2.82. The summed E-state index contributed by atoms with van der Waals surface area (Å²) in [5, 5.41) is 22.8. The summed E-state index contributed by atoms with van der Waals surface area (Å²) in [5.74, 6) is 0. The Morgan fingerprint density at radius 1 is 0.516 bits per heavy atom. The Balaban J connectivity index is -0.000000424. The number of hydrogen-bond acceptors (Lipinski definition) is 2. The van der Waals surface area contributed by atoms with Gasteiger partial charge in [-0.2, -0.15) is 24.6 Å². The van der Waals surface area contributed by atoms with Gasteiger partial charge in [-0.15, -0.1) is 12.8 Å². The molecule has 0 amide bonds. The fourth-order valence-corrected chi connectivity index (χ4v) is 8.09. The molecule has 0 saturated heterocycles. The molecule has 0 unspecified atom stereocenters. The van der Waals surface area contributed by atoms with Gasteiger partial charge in [-0.1, -0.05) is 78.6 Å². The minimum absolute atomic E-state index is 0. The van der Waals surface area contributed by atoms with Gasteiger partial charge in [-0.05, 0) is 0 Å². The molecule has 0 aromatic carbocycles. The van der Waals surface area contributed by atoms with E-state index in [1.165, 1.54) is 12.8 Å². The van der Waals surface area contributed by atoms with Gasteiger partial charge >= 0.3 is 21.7 Å². The van der Waals surface area contributed by atoms with Crippen LogP contribution in [0, 0.1) is 12.2 Å². The van der Waals surface area contributed by atoms with Crippen LogP contribution in [-0.4, -0.2) is 46.5 Å². The SMILES string of the molecule is C[O-].C[O-].C[Si](C)(C)C1=[C-]C([Si](C)(C)C)=CC1.C[Si](C)(C)C1=[C-]C([Si](C)(C)C)=CC1.[Ti+4]. The van der Waals surface area contributed by atoms with Crippen LogP contribution in [0.2, 0.25) is 78.6 Å². The summed E-state index contributed by atoms with van der Waals surface area (Å²) in [5.41, 5.74) is 0. The van der Waals surface area contributed by atoms with Crippen LogP contribution in [0.15, 0.2) is 32.9 Å². The molecule has 0 aromatic rings. The molecule has 2 aliphatic rings. The monoisotopic (exact) mass is 528 g/mol. The topological polar surface area (TPSA) is 46.1 Å². The van der Waals surface area contributed by atoms with Crippen LogP contribution >= 0.6 is 0 Å². The molecule has 0 aromatic heterocycles. The van der Waals surface area contributed by atoms with Crippen molar-refractivity contribution in [3.8, 4) is 0 Å². The molecule has 2 aliphatic carbocycles. The first kappa shape index (κ1) is 36.0. The van der Waals surface area contributed by atoms with Crippen molar-refractivity contribution in [3.05, 3.63) is 45.1 Å². The van der Waals surface area contributed by atoms with Crippen molar-refractivity contribution in [2.24, 2.45) is 0 Å². The van der Waals surface area contributed by atoms with E-state index in [9.17, 15) is 0 Å². The van der Waals surface area contributed by atoms with Crippen LogP contribution < -0.4 is 10.2 Å². The molecule has 0 N–H and O–H groups in total. The third-order valence-corrected chi connectivity index (χ3v) is 13.2. The van der Waals surface area contributed by atoms with E-state index in [0.29, 0.717) is 0 Å². The molecule has 2 rings (SSSR count). The standard InChI is InChI=1S/2C11H21Si2.2CH3O.Ti/c2*1-12(2,3)10-7-8-11(9-10)13(4,5)6;2*1-2;/h2*7H,8H2,1-6H3;2*1H3;/q4*-1;+4. The minimum Gasteiger partial charge on any atom is -0.857 e. The van der Waals surface area contributed by atoms with Crippen molar-refractivity contribution in [1.29, 1.82) is 0 Å². The van der Waals surface area contributed by atoms with Crippen molar-refractivity contribution in [2.75, 3.05) is 14.2 Å². The molecule has 31 heavy (non-hydrogen) atoms. The first-order valence-electron chi connectivity index (χ1n) is 10.9. The average molecular weight is 529 g/mol. The van der Waals surface area contributed by atoms with Gasteiger partial charge in [0.2, 0.25) is 0 Å². The van der Waals surface area contributed by atoms with Gasteiger partial charge in [-0.25, -0.2) is 22.5 Å². The molecular formula is C24H48O2Si4Ti. The zero-order chi connectivity index (χ0) is 24.6. The first-order chi connectivity index (χ1) is 13.4. The Kier molecular flexibility index (Phi) is 17.0. The van der Waals surface area contributed by atoms with Gasteiger partial charge in [-0.3, -0.25) is 12.2 Å². The Bertz CT molecular complexity index is 593. The predicted molar refractivity (Wildman–Crippen MR) is 144 cm³/mol. The van der Waals surface area contributed by atoms with Gasteiger partial charge < -0.3 is 10.2 Å². The predicted octanol–water partition coefficient (Wildman–Crippen LogP) is 5.55. The van der Waals surface area contributed by atoms with Crippen molar-refractivity contribution in [3.63, 3.8) is 0 Å². The van der Waals surface area contributed by atoms with Crippen molar-refractivity contribution in [2.45, 2.75) is 91.4 Å². The van der Waals surface area contributed by atoms with E-state index in [4.69, 9.17) is 10.2 Å². The maximum atomic E-state index is 8.25. The molecule has 176 valence electrons. The molecule has 0 spiro atoms. The molecule has 7 heteroatoms. The molecule has 0 saturated carbocycles. The Labute approximate surface area is 213 Å². The van der Waals surface area contributed by atoms with E-state index >= 15 is 0 Å². The van der Waals surface area contributed by atoms with E-state index in [0.717, 1.165) is 14.2 Å². The van der Waals surface area contributed by atoms with Gasteiger partial charge in [0.1, 0.15) is 0 Å². The van der Waals surface area contributed by atoms with Gasteiger partial charge in [0.25, 0.3) is 0 Å². The molecular weight excluding hydrogens is 480 g/mol. The third kappa shape index (κ3) is 13.7. The summed E-state index contributed by atoms with van der Waals surface area (Å²) in [4.78, 5) is 0. The number of allylic oxidation sites excluding steroid dienone is 8. The van der Waals surface area contributed by atoms with Crippen LogP contribution in [-0.2, 0) is 21.7 Å². The fourth-order valence-electron chi connectivity index (χ4n) is 2.91. The van der Waals surface area contributed by atoms with E-state index in [-0.39, 0.29) is 21.7 Å². The first-order valence-corrected chi connectivity index (χ1v) is 24.9. The van der Waals surface area contributed by atoms with Crippen LogP contribution in [0.4, 0.5) is 0 Å². The van der Waals surface area contributed by atoms with E-state index in [1.807, 2.05) is 0 Å². The van der Waals surface area contributed by atoms with Crippen molar-refractivity contribution < 1.29 is 31.9 Å². The molecule has 2 nitrogen and oxygen atoms in total. The van der Waals surface area contributed by atoms with E-state index in [2.05, 4.69) is 103 Å². The van der Waals surface area contributed by atoms with Crippen molar-refractivity contribution in [1.82, 2.24) is 0 Å². The Morgan fingerprint density at radius 2 is 0.742 bits per heavy atom. The Morgan fingerprint density at radius 3 is 0.839 bits per heavy atom. The number of hydrogen-bond donors (Lipinski definition) is 0. The van der Waals surface area contributed by atoms with Crippen LogP contribution in [0.5, 0.6) is 0 Å². The normalized spacial score (nSPS) is 16.0. The molecule has 0 bridgehead atoms. The zero-order valence-corrected chi connectivity index (χ0v) is 28.4. The molecule has 0 radical (unpaired) electrons. The molecule has 0 heterocycles. The van der Waals surface area contributed by atoms with E-state index in [1.54, 1.807) is 20.8 Å². The minimum atomic E-state index is -1.09. The van der Waals surface area contributed by atoms with Crippen molar-refractivity contribution >= 4 is 32.3 Å². The smallest absolute Gasteiger partial charge is 0.857 e. The fraction of sp³-hybridized carbons (Fsp3) is 0.667. The largest absolute Gasteiger partial charge is 4.00 e. The number of rotatable bonds is 4. The van der Waals surface area contributed by atoms with Gasteiger partial charge in [0.15, 0.2) is 0 Å². The second-order valence-electron chi connectivity index (χ2n) is 11.9. The zero-order valence-electron chi connectivity index (χ0n) is 22.9. The quantitative estimate of drug-likeness (QED) is 0.355. The summed E-state index contributed by atoms with van der Waals surface area (Å²) in [6.07, 6.45) is 14.6.